The summed E-state index contributed by atoms with van der Waals surface area (Å²) in [6.07, 6.45) is 1.86. The van der Waals surface area contributed by atoms with Gasteiger partial charge in [0.05, 0.1) is 17.6 Å². The highest BCUT2D eigenvalue weighted by Gasteiger charge is 2.09. The molecule has 3 rings (SSSR count). The van der Waals surface area contributed by atoms with Gasteiger partial charge in [-0.25, -0.2) is 4.98 Å². The molecule has 0 aliphatic rings. The van der Waals surface area contributed by atoms with Gasteiger partial charge in [0.1, 0.15) is 5.82 Å². The number of fused-ring (bicyclic) bond motifs is 1. The van der Waals surface area contributed by atoms with Crippen LogP contribution >= 0.6 is 0 Å². The van der Waals surface area contributed by atoms with Crippen molar-refractivity contribution in [3.8, 4) is 0 Å². The zero-order chi connectivity index (χ0) is 13.8. The number of hydrogen-bond donors (Lipinski definition) is 1. The molecule has 0 radical (unpaired) electrons. The highest BCUT2D eigenvalue weighted by Crippen LogP contribution is 2.17. The number of benzene rings is 2. The first kappa shape index (κ1) is 12.9. The van der Waals surface area contributed by atoms with Crippen molar-refractivity contribution in [2.45, 2.75) is 19.4 Å². The Morgan fingerprint density at radius 3 is 2.45 bits per heavy atom. The predicted octanol–water partition coefficient (Wildman–Crippen LogP) is 2.81. The van der Waals surface area contributed by atoms with Crippen LogP contribution in [0.3, 0.4) is 0 Å². The van der Waals surface area contributed by atoms with E-state index in [1.54, 1.807) is 0 Å². The van der Waals surface area contributed by atoms with Crippen LogP contribution in [0.25, 0.3) is 11.0 Å². The normalized spacial score (nSPS) is 11.1. The van der Waals surface area contributed by atoms with Crippen molar-refractivity contribution in [1.82, 2.24) is 9.55 Å². The molecule has 1 aromatic heterocycles. The van der Waals surface area contributed by atoms with Gasteiger partial charge >= 0.3 is 0 Å². The molecule has 0 spiro atoms. The van der Waals surface area contributed by atoms with Crippen molar-refractivity contribution in [3.63, 3.8) is 0 Å². The number of imidazole rings is 1. The van der Waals surface area contributed by atoms with Gasteiger partial charge in [-0.15, -0.1) is 0 Å². The summed E-state index contributed by atoms with van der Waals surface area (Å²) < 4.78 is 2.12. The van der Waals surface area contributed by atoms with Crippen LogP contribution in [-0.4, -0.2) is 21.3 Å². The van der Waals surface area contributed by atoms with Gasteiger partial charge in [-0.05, 0) is 24.1 Å². The van der Waals surface area contributed by atoms with Gasteiger partial charge < -0.3 is 9.67 Å². The Labute approximate surface area is 118 Å². The topological polar surface area (TPSA) is 38.0 Å². The molecule has 0 bridgehead atoms. The van der Waals surface area contributed by atoms with E-state index < -0.39 is 0 Å². The van der Waals surface area contributed by atoms with E-state index in [1.807, 2.05) is 24.3 Å². The molecule has 0 fully saturated rings. The summed E-state index contributed by atoms with van der Waals surface area (Å²) in [7, 11) is 0. The zero-order valence-electron chi connectivity index (χ0n) is 11.4. The molecule has 0 amide bonds. The van der Waals surface area contributed by atoms with Crippen molar-refractivity contribution < 1.29 is 5.11 Å². The summed E-state index contributed by atoms with van der Waals surface area (Å²) in [6, 6.07) is 18.5. The molecule has 3 heteroatoms. The van der Waals surface area contributed by atoms with Crippen LogP contribution in [0.1, 0.15) is 11.4 Å². The molecule has 102 valence electrons. The lowest BCUT2D eigenvalue weighted by atomic mass is 10.1. The van der Waals surface area contributed by atoms with Crippen molar-refractivity contribution in [3.05, 3.63) is 66.0 Å². The zero-order valence-corrected chi connectivity index (χ0v) is 11.4. The first-order valence-corrected chi connectivity index (χ1v) is 6.97. The fraction of sp³-hybridized carbons (Fsp3) is 0.235. The van der Waals surface area contributed by atoms with Gasteiger partial charge in [-0.2, -0.15) is 0 Å². The van der Waals surface area contributed by atoms with E-state index in [1.165, 1.54) is 5.56 Å². The van der Waals surface area contributed by atoms with Crippen molar-refractivity contribution >= 4 is 11.0 Å². The van der Waals surface area contributed by atoms with Crippen molar-refractivity contribution in [2.24, 2.45) is 0 Å². The number of aliphatic hydroxyl groups is 1. The van der Waals surface area contributed by atoms with Gasteiger partial charge in [0, 0.05) is 13.0 Å². The minimum Gasteiger partial charge on any atom is -0.395 e. The van der Waals surface area contributed by atoms with Gasteiger partial charge in [-0.1, -0.05) is 42.5 Å². The van der Waals surface area contributed by atoms with Gasteiger partial charge in [0.2, 0.25) is 0 Å². The summed E-state index contributed by atoms with van der Waals surface area (Å²) in [5, 5.41) is 9.26. The quantitative estimate of drug-likeness (QED) is 0.771. The SMILES string of the molecule is OCCn1c(CCc2ccccc2)nc2ccccc21. The van der Waals surface area contributed by atoms with Crippen LogP contribution in [0, 0.1) is 0 Å². The lowest BCUT2D eigenvalue weighted by Gasteiger charge is -2.07. The van der Waals surface area contributed by atoms with Crippen LogP contribution in [0.15, 0.2) is 54.6 Å². The predicted molar refractivity (Wildman–Crippen MR) is 80.7 cm³/mol. The number of rotatable bonds is 5. The first-order valence-electron chi connectivity index (χ1n) is 6.97. The largest absolute Gasteiger partial charge is 0.395 e. The number of aromatic nitrogens is 2. The van der Waals surface area contributed by atoms with Gasteiger partial charge in [0.15, 0.2) is 0 Å². The minimum absolute atomic E-state index is 0.138. The van der Waals surface area contributed by atoms with Crippen molar-refractivity contribution in [2.75, 3.05) is 6.61 Å². The van der Waals surface area contributed by atoms with Crippen LogP contribution in [0.2, 0.25) is 0 Å². The Kier molecular flexibility index (Phi) is 3.79. The van der Waals surface area contributed by atoms with E-state index in [0.717, 1.165) is 29.7 Å². The highest BCUT2D eigenvalue weighted by atomic mass is 16.3. The molecule has 0 aliphatic carbocycles. The van der Waals surface area contributed by atoms with Crippen LogP contribution in [0.5, 0.6) is 0 Å². The lowest BCUT2D eigenvalue weighted by molar-refractivity contribution is 0.276. The second-order valence-corrected chi connectivity index (χ2v) is 4.88. The van der Waals surface area contributed by atoms with Crippen molar-refractivity contribution in [1.29, 1.82) is 0 Å². The summed E-state index contributed by atoms with van der Waals surface area (Å²) in [6.45, 7) is 0.739. The third kappa shape index (κ3) is 2.58. The number of aliphatic hydroxyl groups excluding tert-OH is 1. The molecule has 3 nitrogen and oxygen atoms in total. The van der Waals surface area contributed by atoms with E-state index in [-0.39, 0.29) is 6.61 Å². The number of hydrogen-bond acceptors (Lipinski definition) is 2. The number of aryl methyl sites for hydroxylation is 2. The second kappa shape index (κ2) is 5.88. The van der Waals surface area contributed by atoms with E-state index in [4.69, 9.17) is 4.98 Å². The molecule has 0 saturated heterocycles. The molecule has 0 aliphatic heterocycles. The Balaban J connectivity index is 1.88. The van der Waals surface area contributed by atoms with Crippen LogP contribution in [-0.2, 0) is 19.4 Å². The molecular weight excluding hydrogens is 248 g/mol. The van der Waals surface area contributed by atoms with Gasteiger partial charge in [0.25, 0.3) is 0 Å². The summed E-state index contributed by atoms with van der Waals surface area (Å²) in [5.41, 5.74) is 3.42. The Morgan fingerprint density at radius 2 is 1.65 bits per heavy atom. The Morgan fingerprint density at radius 1 is 0.900 bits per heavy atom. The fourth-order valence-corrected chi connectivity index (χ4v) is 2.57. The molecule has 20 heavy (non-hydrogen) atoms. The summed E-state index contributed by atoms with van der Waals surface area (Å²) in [4.78, 5) is 4.70. The molecule has 0 atom stereocenters. The fourth-order valence-electron chi connectivity index (χ4n) is 2.57. The Hall–Kier alpha value is -2.13. The number of nitrogens with zero attached hydrogens (tertiary/aromatic N) is 2. The first-order chi connectivity index (χ1) is 9.88. The monoisotopic (exact) mass is 266 g/mol. The average molecular weight is 266 g/mol. The maximum atomic E-state index is 9.26. The molecule has 0 unspecified atom stereocenters. The minimum atomic E-state index is 0.138. The van der Waals surface area contributed by atoms with E-state index in [2.05, 4.69) is 34.9 Å². The van der Waals surface area contributed by atoms with Crippen LogP contribution < -0.4 is 0 Å². The smallest absolute Gasteiger partial charge is 0.110 e. The lowest BCUT2D eigenvalue weighted by Crippen LogP contribution is -2.08. The maximum absolute atomic E-state index is 9.26. The standard InChI is InChI=1S/C17H18N2O/c20-13-12-19-16-9-5-4-8-15(16)18-17(19)11-10-14-6-2-1-3-7-14/h1-9,20H,10-13H2. The van der Waals surface area contributed by atoms with Gasteiger partial charge in [-0.3, -0.25) is 0 Å². The molecular formula is C17H18N2O. The highest BCUT2D eigenvalue weighted by molar-refractivity contribution is 5.75. The third-order valence-corrected chi connectivity index (χ3v) is 3.54. The average Bonchev–Trinajstić information content (AvgIpc) is 2.85. The molecule has 3 aromatic rings. The molecule has 2 aromatic carbocycles. The molecule has 1 N–H and O–H groups in total. The summed E-state index contributed by atoms with van der Waals surface area (Å²) in [5.74, 6) is 1.05. The Bertz CT molecular complexity index is 689. The number of para-hydroxylation sites is 2. The van der Waals surface area contributed by atoms with E-state index >= 15 is 0 Å². The maximum Gasteiger partial charge on any atom is 0.110 e. The molecule has 1 heterocycles. The second-order valence-electron chi connectivity index (χ2n) is 4.88. The summed E-state index contributed by atoms with van der Waals surface area (Å²) >= 11 is 0. The van der Waals surface area contributed by atoms with E-state index in [9.17, 15) is 5.11 Å². The van der Waals surface area contributed by atoms with E-state index in [0.29, 0.717) is 6.54 Å². The van der Waals surface area contributed by atoms with Crippen LogP contribution in [0.4, 0.5) is 0 Å². The molecule has 0 saturated carbocycles. The third-order valence-electron chi connectivity index (χ3n) is 3.54.